The summed E-state index contributed by atoms with van der Waals surface area (Å²) in [6.45, 7) is 12.0. The van der Waals surface area contributed by atoms with Crippen molar-refractivity contribution < 1.29 is 8.42 Å². The molecule has 0 unspecified atom stereocenters. The first-order chi connectivity index (χ1) is 12.7. The maximum absolute atomic E-state index is 13.4. The van der Waals surface area contributed by atoms with Gasteiger partial charge in [0.15, 0.2) is 0 Å². The van der Waals surface area contributed by atoms with Crippen LogP contribution in [0.4, 0.5) is 0 Å². The van der Waals surface area contributed by atoms with E-state index >= 15 is 0 Å². The Labute approximate surface area is 163 Å². The first-order valence-electron chi connectivity index (χ1n) is 9.67. The molecule has 1 aliphatic carbocycles. The van der Waals surface area contributed by atoms with Crippen molar-refractivity contribution in [3.63, 3.8) is 0 Å². The summed E-state index contributed by atoms with van der Waals surface area (Å²) < 4.78 is 28.2. The van der Waals surface area contributed by atoms with Gasteiger partial charge in [0.25, 0.3) is 10.0 Å². The van der Waals surface area contributed by atoms with E-state index in [0.717, 1.165) is 27.6 Å². The van der Waals surface area contributed by atoms with Crippen molar-refractivity contribution in [1.29, 1.82) is 0 Å². The van der Waals surface area contributed by atoms with E-state index in [2.05, 4.69) is 19.1 Å². The van der Waals surface area contributed by atoms with Gasteiger partial charge in [-0.2, -0.15) is 0 Å². The zero-order valence-corrected chi connectivity index (χ0v) is 17.9. The molecular weight excluding hydrogens is 354 g/mol. The predicted octanol–water partition coefficient (Wildman–Crippen LogP) is 5.88. The maximum Gasteiger partial charge on any atom is 0.268 e. The number of hydrogen-bond donors (Lipinski definition) is 0. The van der Waals surface area contributed by atoms with Crippen LogP contribution in [0.3, 0.4) is 0 Å². The van der Waals surface area contributed by atoms with Gasteiger partial charge < -0.3 is 0 Å². The van der Waals surface area contributed by atoms with E-state index in [0.29, 0.717) is 4.90 Å². The van der Waals surface area contributed by atoms with Gasteiger partial charge in [-0.25, -0.2) is 12.4 Å². The minimum atomic E-state index is -3.63. The molecule has 0 bridgehead atoms. The average Bonchev–Trinajstić information content (AvgIpc) is 3.20. The van der Waals surface area contributed by atoms with Crippen molar-refractivity contribution in [2.45, 2.75) is 64.7 Å². The van der Waals surface area contributed by atoms with Gasteiger partial charge in [-0.05, 0) is 67.9 Å². The summed E-state index contributed by atoms with van der Waals surface area (Å²) >= 11 is 0. The normalized spacial score (nSPS) is 15.3. The van der Waals surface area contributed by atoms with Crippen LogP contribution in [-0.2, 0) is 15.4 Å². The van der Waals surface area contributed by atoms with Gasteiger partial charge in [-0.15, -0.1) is 0 Å². The van der Waals surface area contributed by atoms with Gasteiger partial charge in [0.1, 0.15) is 0 Å². The molecule has 27 heavy (non-hydrogen) atoms. The second-order valence-electron chi connectivity index (χ2n) is 7.68. The van der Waals surface area contributed by atoms with Crippen molar-refractivity contribution in [2.75, 3.05) is 0 Å². The zero-order valence-electron chi connectivity index (χ0n) is 17.1. The molecule has 0 radical (unpaired) electrons. The second-order valence-corrected chi connectivity index (χ2v) is 9.43. The van der Waals surface area contributed by atoms with Crippen molar-refractivity contribution in [2.24, 2.45) is 0 Å². The first kappa shape index (κ1) is 19.7. The van der Waals surface area contributed by atoms with Crippen LogP contribution in [-0.4, -0.2) is 12.4 Å². The van der Waals surface area contributed by atoms with E-state index in [4.69, 9.17) is 0 Å². The molecule has 3 aromatic rings. The highest BCUT2D eigenvalue weighted by Gasteiger charge is 2.39. The Kier molecular flexibility index (Phi) is 4.98. The Morgan fingerprint density at radius 2 is 1.52 bits per heavy atom. The van der Waals surface area contributed by atoms with Crippen LogP contribution in [0, 0.1) is 20.8 Å². The number of aryl methyl sites for hydroxylation is 3. The van der Waals surface area contributed by atoms with Crippen LogP contribution >= 0.6 is 0 Å². The summed E-state index contributed by atoms with van der Waals surface area (Å²) in [5, 5.41) is 0.957. The summed E-state index contributed by atoms with van der Waals surface area (Å²) in [5.74, 6) is 0. The van der Waals surface area contributed by atoms with Crippen molar-refractivity contribution in [3.05, 3.63) is 64.8 Å². The third-order valence-corrected chi connectivity index (χ3v) is 7.47. The highest BCUT2D eigenvalue weighted by atomic mass is 32.2. The topological polar surface area (TPSA) is 39.1 Å². The van der Waals surface area contributed by atoms with E-state index in [9.17, 15) is 8.42 Å². The maximum atomic E-state index is 13.4. The summed E-state index contributed by atoms with van der Waals surface area (Å²) in [7, 11) is -3.63. The standard InChI is InChI=1S/C21H23NO2S.C2H6/c1-14-11-15(2)20(16(3)12-14)25(23,24)22-10-7-17-5-6-18(13-19(17)22)21(4)8-9-21;1-2/h5-7,10-13H,8-9H2,1-4H3;1-2H3. The molecule has 2 aromatic carbocycles. The van der Waals surface area contributed by atoms with Crippen LogP contribution in [0.15, 0.2) is 47.5 Å². The molecule has 1 aromatic heterocycles. The lowest BCUT2D eigenvalue weighted by atomic mass is 9.98. The lowest BCUT2D eigenvalue weighted by Gasteiger charge is -2.15. The van der Waals surface area contributed by atoms with E-state index in [1.54, 1.807) is 6.20 Å². The molecule has 4 rings (SSSR count). The molecule has 0 atom stereocenters. The summed E-state index contributed by atoms with van der Waals surface area (Å²) in [6.07, 6.45) is 4.02. The van der Waals surface area contributed by atoms with Gasteiger partial charge in [0.2, 0.25) is 0 Å². The molecule has 3 nitrogen and oxygen atoms in total. The molecule has 4 heteroatoms. The predicted molar refractivity (Wildman–Crippen MR) is 113 cm³/mol. The molecule has 1 heterocycles. The molecular formula is C23H29NO2S. The van der Waals surface area contributed by atoms with E-state index in [-0.39, 0.29) is 5.41 Å². The van der Waals surface area contributed by atoms with E-state index < -0.39 is 10.0 Å². The van der Waals surface area contributed by atoms with Gasteiger partial charge in [-0.3, -0.25) is 0 Å². The number of aromatic nitrogens is 1. The second kappa shape index (κ2) is 6.83. The number of rotatable bonds is 3. The first-order valence-corrected chi connectivity index (χ1v) is 11.1. The largest absolute Gasteiger partial charge is 0.268 e. The Morgan fingerprint density at radius 1 is 0.926 bits per heavy atom. The number of hydrogen-bond acceptors (Lipinski definition) is 2. The number of fused-ring (bicyclic) bond motifs is 1. The van der Waals surface area contributed by atoms with Crippen LogP contribution < -0.4 is 0 Å². The summed E-state index contributed by atoms with van der Waals surface area (Å²) in [6, 6.07) is 12.0. The number of nitrogens with zero attached hydrogens (tertiary/aromatic N) is 1. The SMILES string of the molecule is CC.Cc1cc(C)c(S(=O)(=O)n2ccc3ccc(C4(C)CC4)cc32)c(C)c1. The fourth-order valence-corrected chi connectivity index (χ4v) is 5.60. The van der Waals surface area contributed by atoms with E-state index in [1.165, 1.54) is 22.4 Å². The van der Waals surface area contributed by atoms with Crippen LogP contribution in [0.2, 0.25) is 0 Å². The Balaban J connectivity index is 0.00000102. The quantitative estimate of drug-likeness (QED) is 0.566. The fraction of sp³-hybridized carbons (Fsp3) is 0.391. The van der Waals surface area contributed by atoms with Crippen LogP contribution in [0.25, 0.3) is 10.9 Å². The molecule has 0 N–H and O–H groups in total. The van der Waals surface area contributed by atoms with Gasteiger partial charge >= 0.3 is 0 Å². The highest BCUT2D eigenvalue weighted by Crippen LogP contribution is 2.48. The minimum Gasteiger partial charge on any atom is -0.241 e. The Morgan fingerprint density at radius 3 is 2.07 bits per heavy atom. The Hall–Kier alpha value is -2.07. The van der Waals surface area contributed by atoms with Crippen molar-refractivity contribution in [3.8, 4) is 0 Å². The molecule has 0 spiro atoms. The minimum absolute atomic E-state index is 0.211. The third kappa shape index (κ3) is 3.31. The summed E-state index contributed by atoms with van der Waals surface area (Å²) in [4.78, 5) is 0.415. The summed E-state index contributed by atoms with van der Waals surface area (Å²) in [5.41, 5.74) is 4.88. The molecule has 0 aliphatic heterocycles. The van der Waals surface area contributed by atoms with Crippen LogP contribution in [0.5, 0.6) is 0 Å². The molecule has 1 saturated carbocycles. The fourth-order valence-electron chi connectivity index (χ4n) is 3.84. The Bertz CT molecular complexity index is 1080. The van der Waals surface area contributed by atoms with Gasteiger partial charge in [0, 0.05) is 11.6 Å². The zero-order chi connectivity index (χ0) is 20.0. The number of benzene rings is 2. The lowest BCUT2D eigenvalue weighted by Crippen LogP contribution is -2.15. The molecule has 0 saturated heterocycles. The van der Waals surface area contributed by atoms with E-state index in [1.807, 2.05) is 58.9 Å². The van der Waals surface area contributed by atoms with Gasteiger partial charge in [-0.1, -0.05) is 50.6 Å². The average molecular weight is 384 g/mol. The van der Waals surface area contributed by atoms with Crippen LogP contribution in [0.1, 0.15) is 55.9 Å². The molecule has 144 valence electrons. The van der Waals surface area contributed by atoms with Gasteiger partial charge in [0.05, 0.1) is 10.4 Å². The highest BCUT2D eigenvalue weighted by molar-refractivity contribution is 7.90. The smallest absolute Gasteiger partial charge is 0.241 e. The third-order valence-electron chi connectivity index (χ3n) is 5.48. The lowest BCUT2D eigenvalue weighted by molar-refractivity contribution is 0.587. The van der Waals surface area contributed by atoms with Crippen molar-refractivity contribution in [1.82, 2.24) is 3.97 Å². The molecule has 1 aliphatic rings. The monoisotopic (exact) mass is 383 g/mol. The molecule has 1 fully saturated rings. The van der Waals surface area contributed by atoms with Crippen molar-refractivity contribution >= 4 is 20.9 Å². The molecule has 0 amide bonds.